The van der Waals surface area contributed by atoms with Crippen LogP contribution in [0.4, 0.5) is 5.69 Å². The van der Waals surface area contributed by atoms with Crippen LogP contribution in [0.25, 0.3) is 0 Å². The van der Waals surface area contributed by atoms with E-state index < -0.39 is 10.0 Å². The van der Waals surface area contributed by atoms with Crippen molar-refractivity contribution in [2.24, 2.45) is 0 Å². The molecule has 1 fully saturated rings. The van der Waals surface area contributed by atoms with Gasteiger partial charge in [0, 0.05) is 32.7 Å². The number of piperidine rings is 1. The normalized spacial score (nSPS) is 19.0. The molecule has 0 radical (unpaired) electrons. The van der Waals surface area contributed by atoms with E-state index in [1.165, 1.54) is 18.2 Å². The molecule has 0 aromatic heterocycles. The summed E-state index contributed by atoms with van der Waals surface area (Å²) in [5, 5.41) is 2.23. The second-order valence-electron chi connectivity index (χ2n) is 7.80. The predicted octanol–water partition coefficient (Wildman–Crippen LogP) is 7.64. The summed E-state index contributed by atoms with van der Waals surface area (Å²) in [6.07, 6.45) is 1.10. The van der Waals surface area contributed by atoms with Gasteiger partial charge in [0.15, 0.2) is 0 Å². The quantitative estimate of drug-likeness (QED) is 0.346. The van der Waals surface area contributed by atoms with E-state index in [1.807, 2.05) is 30.3 Å². The zero-order valence-electron chi connectivity index (χ0n) is 17.1. The highest BCUT2D eigenvalue weighted by Gasteiger charge is 2.33. The summed E-state index contributed by atoms with van der Waals surface area (Å²) >= 11 is 30.7. The number of sulfonamides is 1. The molecule has 1 saturated heterocycles. The van der Waals surface area contributed by atoms with Gasteiger partial charge in [0.25, 0.3) is 0 Å². The highest BCUT2D eigenvalue weighted by Crippen LogP contribution is 2.40. The first kappa shape index (κ1) is 24.9. The molecule has 1 aliphatic rings. The van der Waals surface area contributed by atoms with E-state index in [2.05, 4.69) is 9.62 Å². The van der Waals surface area contributed by atoms with E-state index in [4.69, 9.17) is 58.0 Å². The van der Waals surface area contributed by atoms with Crippen molar-refractivity contribution in [2.75, 3.05) is 11.4 Å². The summed E-state index contributed by atoms with van der Waals surface area (Å²) in [4.78, 5) is 2.20. The first-order valence-corrected chi connectivity index (χ1v) is 13.5. The second-order valence-corrected chi connectivity index (χ2v) is 11.7. The highest BCUT2D eigenvalue weighted by atomic mass is 35.5. The second kappa shape index (κ2) is 10.2. The minimum absolute atomic E-state index is 0.0335. The fraction of sp³-hybridized carbons (Fsp3) is 0.217. The SMILES string of the molecule is O=S(=O)(NC1CCN(c2ccc(Cl)cc2Cl)C(c2ccc(Cl)cc2)C1)c1cc(Cl)cc(Cl)c1. The Labute approximate surface area is 218 Å². The third-order valence-corrected chi connectivity index (χ3v) is 8.27. The van der Waals surface area contributed by atoms with Gasteiger partial charge in [-0.1, -0.05) is 70.1 Å². The van der Waals surface area contributed by atoms with Gasteiger partial charge in [0.1, 0.15) is 0 Å². The lowest BCUT2D eigenvalue weighted by Gasteiger charge is -2.42. The van der Waals surface area contributed by atoms with Gasteiger partial charge in [0.2, 0.25) is 10.0 Å². The molecule has 2 atom stereocenters. The minimum Gasteiger partial charge on any atom is -0.363 e. The number of hydrogen-bond donors (Lipinski definition) is 1. The monoisotopic (exact) mass is 562 g/mol. The summed E-state index contributed by atoms with van der Waals surface area (Å²) in [6, 6.07) is 16.7. The highest BCUT2D eigenvalue weighted by molar-refractivity contribution is 7.89. The van der Waals surface area contributed by atoms with E-state index >= 15 is 0 Å². The number of nitrogens with zero attached hydrogens (tertiary/aromatic N) is 1. The van der Waals surface area contributed by atoms with Crippen molar-refractivity contribution in [3.63, 3.8) is 0 Å². The molecule has 0 spiro atoms. The van der Waals surface area contributed by atoms with Crippen LogP contribution in [-0.4, -0.2) is 21.0 Å². The van der Waals surface area contributed by atoms with Crippen LogP contribution in [0.1, 0.15) is 24.4 Å². The number of hydrogen-bond acceptors (Lipinski definition) is 3. The average Bonchev–Trinajstić information content (AvgIpc) is 2.74. The van der Waals surface area contributed by atoms with Crippen LogP contribution in [0.3, 0.4) is 0 Å². The Balaban J connectivity index is 1.64. The molecule has 3 aromatic carbocycles. The van der Waals surface area contributed by atoms with Crippen molar-refractivity contribution >= 4 is 73.7 Å². The predicted molar refractivity (Wildman–Crippen MR) is 138 cm³/mol. The molecule has 0 bridgehead atoms. The lowest BCUT2D eigenvalue weighted by Crippen LogP contribution is -2.46. The van der Waals surface area contributed by atoms with Gasteiger partial charge in [-0.3, -0.25) is 0 Å². The maximum atomic E-state index is 13.0. The number of benzene rings is 3. The van der Waals surface area contributed by atoms with E-state index in [0.29, 0.717) is 34.5 Å². The van der Waals surface area contributed by atoms with Gasteiger partial charge in [-0.05, 0) is 66.9 Å². The molecule has 0 saturated carbocycles. The Morgan fingerprint density at radius 2 is 1.42 bits per heavy atom. The summed E-state index contributed by atoms with van der Waals surface area (Å²) in [7, 11) is -3.82. The van der Waals surface area contributed by atoms with Crippen LogP contribution < -0.4 is 9.62 Å². The van der Waals surface area contributed by atoms with Crippen molar-refractivity contribution in [3.8, 4) is 0 Å². The largest absolute Gasteiger partial charge is 0.363 e. The fourth-order valence-electron chi connectivity index (χ4n) is 4.05. The molecule has 0 aliphatic carbocycles. The van der Waals surface area contributed by atoms with E-state index in [0.717, 1.165) is 11.3 Å². The van der Waals surface area contributed by atoms with Gasteiger partial charge >= 0.3 is 0 Å². The maximum absolute atomic E-state index is 13.0. The molecule has 4 rings (SSSR count). The number of anilines is 1. The topological polar surface area (TPSA) is 49.4 Å². The molecular weight excluding hydrogens is 546 g/mol. The van der Waals surface area contributed by atoms with Crippen LogP contribution in [0.15, 0.2) is 65.6 Å². The molecule has 3 aromatic rings. The summed E-state index contributed by atoms with van der Waals surface area (Å²) in [6.45, 7) is 0.581. The van der Waals surface area contributed by atoms with Crippen LogP contribution in [0.5, 0.6) is 0 Å². The van der Waals surface area contributed by atoms with Crippen LogP contribution in [-0.2, 0) is 10.0 Å². The Bertz CT molecular complexity index is 1250. The summed E-state index contributed by atoms with van der Waals surface area (Å²) < 4.78 is 28.9. The lowest BCUT2D eigenvalue weighted by molar-refractivity contribution is 0.395. The molecule has 33 heavy (non-hydrogen) atoms. The van der Waals surface area contributed by atoms with Gasteiger partial charge in [-0.2, -0.15) is 0 Å². The molecule has 174 valence electrons. The Kier molecular flexibility index (Phi) is 7.71. The van der Waals surface area contributed by atoms with Gasteiger partial charge in [-0.15, -0.1) is 0 Å². The van der Waals surface area contributed by atoms with Crippen molar-refractivity contribution in [1.82, 2.24) is 4.72 Å². The molecule has 1 heterocycles. The van der Waals surface area contributed by atoms with Crippen molar-refractivity contribution in [1.29, 1.82) is 0 Å². The molecule has 1 aliphatic heterocycles. The third-order valence-electron chi connectivity index (χ3n) is 5.54. The Morgan fingerprint density at radius 1 is 0.788 bits per heavy atom. The van der Waals surface area contributed by atoms with Crippen LogP contribution in [0, 0.1) is 0 Å². The van der Waals surface area contributed by atoms with E-state index in [9.17, 15) is 8.42 Å². The molecule has 4 nitrogen and oxygen atoms in total. The van der Waals surface area contributed by atoms with Gasteiger partial charge in [-0.25, -0.2) is 13.1 Å². The maximum Gasteiger partial charge on any atom is 0.240 e. The summed E-state index contributed by atoms with van der Waals surface area (Å²) in [5.41, 5.74) is 1.84. The van der Waals surface area contributed by atoms with Gasteiger partial charge < -0.3 is 4.90 Å². The average molecular weight is 565 g/mol. The third kappa shape index (κ3) is 5.91. The molecule has 1 N–H and O–H groups in total. The molecule has 10 heteroatoms. The molecule has 2 unspecified atom stereocenters. The zero-order valence-corrected chi connectivity index (χ0v) is 21.7. The number of nitrogens with one attached hydrogen (secondary N) is 1. The van der Waals surface area contributed by atoms with Crippen molar-refractivity contribution in [3.05, 3.63) is 91.3 Å². The summed E-state index contributed by atoms with van der Waals surface area (Å²) in [5.74, 6) is 0. The van der Waals surface area contributed by atoms with E-state index in [1.54, 1.807) is 12.1 Å². The standard InChI is InChI=1S/C23H19Cl5N2O2S/c24-15-3-1-14(2-4-15)23-13-19(7-8-30(23)22-6-5-16(25)12-21(22)28)29-33(31,32)20-10-17(26)9-18(27)11-20/h1-6,9-12,19,23,29H,7-8,13H2. The fourth-order valence-corrected chi connectivity index (χ4v) is 6.70. The van der Waals surface area contributed by atoms with Crippen LogP contribution >= 0.6 is 58.0 Å². The van der Waals surface area contributed by atoms with Crippen molar-refractivity contribution in [2.45, 2.75) is 29.8 Å². The smallest absolute Gasteiger partial charge is 0.240 e. The minimum atomic E-state index is -3.82. The molecule has 0 amide bonds. The van der Waals surface area contributed by atoms with E-state index in [-0.39, 0.29) is 27.0 Å². The lowest BCUT2D eigenvalue weighted by atomic mass is 9.91. The first-order valence-electron chi connectivity index (χ1n) is 10.1. The Hall–Kier alpha value is -1.18. The first-order chi connectivity index (χ1) is 15.6. The van der Waals surface area contributed by atoms with Crippen LogP contribution in [0.2, 0.25) is 25.1 Å². The van der Waals surface area contributed by atoms with Crippen molar-refractivity contribution < 1.29 is 8.42 Å². The molecular formula is C23H19Cl5N2O2S. The number of rotatable bonds is 5. The zero-order chi connectivity index (χ0) is 23.8. The van der Waals surface area contributed by atoms with Gasteiger partial charge in [0.05, 0.1) is 21.6 Å². The number of halogens is 5. The Morgan fingerprint density at radius 3 is 2.06 bits per heavy atom.